The molecule has 0 unspecified atom stereocenters. The van der Waals surface area contributed by atoms with Crippen molar-refractivity contribution in [2.75, 3.05) is 19.6 Å². The Morgan fingerprint density at radius 2 is 1.77 bits per heavy atom. The molecule has 0 atom stereocenters. The summed E-state index contributed by atoms with van der Waals surface area (Å²) >= 11 is 5.42. The number of rotatable bonds is 4. The van der Waals surface area contributed by atoms with Crippen LogP contribution in [0.25, 0.3) is 0 Å². The summed E-state index contributed by atoms with van der Waals surface area (Å²) in [6.45, 7) is 16.8. The molecule has 4 nitrogen and oxygen atoms in total. The smallest absolute Gasteiger partial charge is 0.332 e. The second-order valence-corrected chi connectivity index (χ2v) is 5.46. The van der Waals surface area contributed by atoms with Crippen LogP contribution >= 0.6 is 11.6 Å². The summed E-state index contributed by atoms with van der Waals surface area (Å²) in [6.07, 6.45) is 5.23. The first-order valence-corrected chi connectivity index (χ1v) is 7.35. The number of halogens is 1. The summed E-state index contributed by atoms with van der Waals surface area (Å²) in [6, 6.07) is 0. The van der Waals surface area contributed by atoms with Crippen LogP contribution in [0, 0.1) is 5.41 Å². The molecule has 0 fully saturated rings. The van der Waals surface area contributed by atoms with E-state index in [-0.39, 0.29) is 17.4 Å². The van der Waals surface area contributed by atoms with Crippen molar-refractivity contribution in [3.8, 4) is 0 Å². The van der Waals surface area contributed by atoms with E-state index in [1.165, 1.54) is 7.11 Å². The van der Waals surface area contributed by atoms with Gasteiger partial charge in [-0.3, -0.25) is 0 Å². The largest absolute Gasteiger partial charge is 0.466 e. The molecule has 22 heavy (non-hydrogen) atoms. The number of methoxy groups -OCH3 is 1. The van der Waals surface area contributed by atoms with Crippen molar-refractivity contribution in [3.05, 3.63) is 37.0 Å². The topological polar surface area (TPSA) is 52.6 Å². The van der Waals surface area contributed by atoms with Gasteiger partial charge in [0.2, 0.25) is 0 Å². The van der Waals surface area contributed by atoms with Gasteiger partial charge in [-0.05, 0) is 19.3 Å². The van der Waals surface area contributed by atoms with Crippen LogP contribution in [-0.4, -0.2) is 31.5 Å². The van der Waals surface area contributed by atoms with Gasteiger partial charge in [-0.15, -0.1) is 11.6 Å². The number of hydrogen-bond donors (Lipinski definition) is 0. The van der Waals surface area contributed by atoms with Crippen LogP contribution < -0.4 is 0 Å². The fourth-order valence-corrected chi connectivity index (χ4v) is 0.863. The molecule has 0 aromatic carbocycles. The van der Waals surface area contributed by atoms with Crippen LogP contribution in [0.4, 0.5) is 0 Å². The van der Waals surface area contributed by atoms with Crippen molar-refractivity contribution >= 4 is 23.5 Å². The fraction of sp³-hybridized carbons (Fsp3) is 0.529. The van der Waals surface area contributed by atoms with Gasteiger partial charge < -0.3 is 9.47 Å². The van der Waals surface area contributed by atoms with Crippen LogP contribution in [-0.2, 0) is 19.1 Å². The van der Waals surface area contributed by atoms with Crippen molar-refractivity contribution in [2.45, 2.75) is 34.6 Å². The highest BCUT2D eigenvalue weighted by atomic mass is 35.5. The number of carbonyl (C=O) groups excluding carboxylic acids is 2. The van der Waals surface area contributed by atoms with Gasteiger partial charge in [0.05, 0.1) is 13.7 Å². The summed E-state index contributed by atoms with van der Waals surface area (Å²) in [4.78, 5) is 20.3. The van der Waals surface area contributed by atoms with Crippen LogP contribution in [0.15, 0.2) is 37.0 Å². The lowest BCUT2D eigenvalue weighted by Crippen LogP contribution is -1.98. The Bertz CT molecular complexity index is 363. The average Bonchev–Trinajstić information content (AvgIpc) is 2.44. The van der Waals surface area contributed by atoms with Gasteiger partial charge in [-0.25, -0.2) is 9.59 Å². The first-order valence-electron chi connectivity index (χ1n) is 6.82. The predicted octanol–water partition coefficient (Wildman–Crippen LogP) is 4.30. The third-order valence-corrected chi connectivity index (χ3v) is 1.87. The Morgan fingerprint density at radius 1 is 1.27 bits per heavy atom. The molecule has 0 bridgehead atoms. The Morgan fingerprint density at radius 3 is 1.86 bits per heavy atom. The van der Waals surface area contributed by atoms with E-state index < -0.39 is 0 Å². The molecule has 0 rings (SSSR count). The highest BCUT2D eigenvalue weighted by molar-refractivity contribution is 6.18. The van der Waals surface area contributed by atoms with E-state index in [4.69, 9.17) is 11.6 Å². The van der Waals surface area contributed by atoms with E-state index in [0.717, 1.165) is 6.08 Å². The fourth-order valence-electron chi connectivity index (χ4n) is 0.774. The summed E-state index contributed by atoms with van der Waals surface area (Å²) in [5, 5.41) is 0. The van der Waals surface area contributed by atoms with Crippen LogP contribution in [0.1, 0.15) is 34.6 Å². The number of carbonyl (C=O) groups is 2. The van der Waals surface area contributed by atoms with Gasteiger partial charge in [0.1, 0.15) is 0 Å². The molecular weight excluding hydrogens is 304 g/mol. The lowest BCUT2D eigenvalue weighted by Gasteiger charge is -2.09. The zero-order chi connectivity index (χ0) is 18.2. The average molecular weight is 333 g/mol. The molecule has 0 spiro atoms. The van der Waals surface area contributed by atoms with Gasteiger partial charge in [0.15, 0.2) is 0 Å². The molecule has 0 aromatic rings. The van der Waals surface area contributed by atoms with Crippen molar-refractivity contribution < 1.29 is 19.1 Å². The monoisotopic (exact) mass is 332 g/mol. The molecule has 0 aliphatic heterocycles. The standard InChI is InChI=1S/C7H13Cl.2C5H8O2/c1-7(2,3)5-4-6-8;1-4(2)5(6)7-3;1-3-5(6)7-4-2/h4-5H,6H2,1-3H3;1H2,2-3H3;3H,1,4H2,2H3. The molecule has 0 radical (unpaired) electrons. The zero-order valence-corrected chi connectivity index (χ0v) is 15.3. The summed E-state index contributed by atoms with van der Waals surface area (Å²) in [5.74, 6) is -0.0837. The number of ether oxygens (including phenoxy) is 2. The Hall–Kier alpha value is -1.55. The number of alkyl halides is 1. The summed E-state index contributed by atoms with van der Waals surface area (Å²) in [5.41, 5.74) is 0.719. The lowest BCUT2D eigenvalue weighted by atomic mass is 9.97. The predicted molar refractivity (Wildman–Crippen MR) is 93.0 cm³/mol. The third kappa shape index (κ3) is 26.9. The molecule has 0 aromatic heterocycles. The van der Waals surface area contributed by atoms with Crippen LogP contribution in [0.2, 0.25) is 0 Å². The van der Waals surface area contributed by atoms with Crippen LogP contribution in [0.5, 0.6) is 0 Å². The normalized spacial score (nSPS) is 9.59. The van der Waals surface area contributed by atoms with E-state index in [1.54, 1.807) is 13.8 Å². The maximum absolute atomic E-state index is 10.2. The first-order chi connectivity index (χ1) is 10.0. The van der Waals surface area contributed by atoms with Gasteiger partial charge in [0, 0.05) is 17.5 Å². The maximum Gasteiger partial charge on any atom is 0.332 e. The molecule has 0 amide bonds. The van der Waals surface area contributed by atoms with E-state index in [2.05, 4.69) is 49.5 Å². The summed E-state index contributed by atoms with van der Waals surface area (Å²) < 4.78 is 8.71. The number of esters is 2. The third-order valence-electron chi connectivity index (χ3n) is 1.69. The Kier molecular flexibility index (Phi) is 18.3. The summed E-state index contributed by atoms with van der Waals surface area (Å²) in [7, 11) is 1.33. The van der Waals surface area contributed by atoms with Gasteiger partial charge >= 0.3 is 11.9 Å². The van der Waals surface area contributed by atoms with Crippen LogP contribution in [0.3, 0.4) is 0 Å². The second kappa shape index (κ2) is 15.8. The first kappa shape index (κ1) is 25.4. The van der Waals surface area contributed by atoms with E-state index >= 15 is 0 Å². The van der Waals surface area contributed by atoms with E-state index in [9.17, 15) is 9.59 Å². The van der Waals surface area contributed by atoms with Gasteiger partial charge in [-0.1, -0.05) is 46.1 Å². The SMILES string of the molecule is C=C(C)C(=O)OC.C=CC(=O)OCC.CC(C)(C)C=CCCl. The molecule has 5 heteroatoms. The van der Waals surface area contributed by atoms with E-state index in [0.29, 0.717) is 18.1 Å². The van der Waals surface area contributed by atoms with Crippen molar-refractivity contribution in [1.29, 1.82) is 0 Å². The van der Waals surface area contributed by atoms with E-state index in [1.807, 2.05) is 6.08 Å². The second-order valence-electron chi connectivity index (χ2n) is 5.15. The number of hydrogen-bond acceptors (Lipinski definition) is 4. The lowest BCUT2D eigenvalue weighted by molar-refractivity contribution is -0.137. The van der Waals surface area contributed by atoms with Gasteiger partial charge in [-0.2, -0.15) is 0 Å². The Balaban J connectivity index is -0.000000247. The van der Waals surface area contributed by atoms with Crippen molar-refractivity contribution in [1.82, 2.24) is 0 Å². The number of allylic oxidation sites excluding steroid dienone is 2. The molecular formula is C17H29ClO4. The minimum absolute atomic E-state index is 0.287. The van der Waals surface area contributed by atoms with Gasteiger partial charge in [0.25, 0.3) is 0 Å². The zero-order valence-electron chi connectivity index (χ0n) is 14.6. The molecule has 0 heterocycles. The molecule has 0 aliphatic rings. The molecule has 128 valence electrons. The molecule has 0 saturated carbocycles. The molecule has 0 aliphatic carbocycles. The molecule has 0 saturated heterocycles. The van der Waals surface area contributed by atoms with Crippen molar-refractivity contribution in [3.63, 3.8) is 0 Å². The maximum atomic E-state index is 10.2. The highest BCUT2D eigenvalue weighted by Crippen LogP contribution is 2.13. The molecule has 0 N–H and O–H groups in total. The quantitative estimate of drug-likeness (QED) is 0.333. The minimum Gasteiger partial charge on any atom is -0.466 e. The minimum atomic E-state index is -0.359. The Labute approximate surface area is 139 Å². The van der Waals surface area contributed by atoms with Crippen molar-refractivity contribution in [2.24, 2.45) is 5.41 Å². The highest BCUT2D eigenvalue weighted by Gasteiger charge is 2.01.